The van der Waals surface area contributed by atoms with E-state index < -0.39 is 76.7 Å². The lowest BCUT2D eigenvalue weighted by atomic mass is 10.0. The van der Waals surface area contributed by atoms with Gasteiger partial charge in [0, 0.05) is 44.4 Å². The minimum atomic E-state index is -1.36. The molecule has 2 aliphatic heterocycles. The third-order valence-corrected chi connectivity index (χ3v) is 11.1. The molecule has 18 nitrogen and oxygen atoms in total. The number of rotatable bonds is 18. The Kier molecular flexibility index (Phi) is 16.1. The number of likely N-dealkylation sites (tertiary alicyclic amines) is 2. The van der Waals surface area contributed by atoms with E-state index >= 15 is 0 Å². The molecule has 1 unspecified atom stereocenters. The van der Waals surface area contributed by atoms with E-state index in [2.05, 4.69) is 16.0 Å². The number of hydrogen-bond acceptors (Lipinski definition) is 11. The van der Waals surface area contributed by atoms with E-state index in [4.69, 9.17) is 9.47 Å². The molecular weight excluding hydrogens is 803 g/mol. The molecule has 0 aromatic heterocycles. The van der Waals surface area contributed by atoms with Gasteiger partial charge >= 0.3 is 12.1 Å². The van der Waals surface area contributed by atoms with Gasteiger partial charge in [-0.2, -0.15) is 0 Å². The van der Waals surface area contributed by atoms with E-state index in [9.17, 15) is 43.7 Å². The second-order valence-electron chi connectivity index (χ2n) is 15.6. The number of alkyl carbamates (subject to hydrolysis) is 1. The van der Waals surface area contributed by atoms with Crippen LogP contribution >= 0.6 is 0 Å². The van der Waals surface area contributed by atoms with Crippen molar-refractivity contribution in [1.82, 2.24) is 30.7 Å². The lowest BCUT2D eigenvalue weighted by Gasteiger charge is -2.34. The summed E-state index contributed by atoms with van der Waals surface area (Å²) < 4.78 is 10.8. The predicted octanol–water partition coefficient (Wildman–Crippen LogP) is 3.48. The largest absolute Gasteiger partial charge is 0.459 e. The second kappa shape index (κ2) is 21.6. The van der Waals surface area contributed by atoms with Crippen LogP contribution in [0.25, 0.3) is 0 Å². The molecule has 18 heteroatoms. The molecule has 2 saturated heterocycles. The summed E-state index contributed by atoms with van der Waals surface area (Å²) in [7, 11) is 1.44. The van der Waals surface area contributed by atoms with E-state index in [1.165, 1.54) is 46.0 Å². The first-order valence-corrected chi connectivity index (χ1v) is 20.5. The standard InChI is InChI=1S/C44H53N7O11/c1-44(2,48(3)39(54)32-20-22-33(23-21-32)51(59)60)42(57)45-24-10-17-34(40(55)50-26-12-19-36(50)41(56)61-28-30-13-6-4-7-14-30)47-38(53)35-18-11-25-49(35)37(52)27-46-43(58)62-29-31-15-8-5-9-16-31/h4-9,13-16,20-23,34-36H,10-12,17-19,24-29H2,1-3H3,(H,45,57)(H,46,58)(H,47,53)/t34-,35-,36?/m0/s1. The fourth-order valence-electron chi connectivity index (χ4n) is 7.24. The second-order valence-corrected chi connectivity index (χ2v) is 15.6. The van der Waals surface area contributed by atoms with Crippen LogP contribution in [0.15, 0.2) is 84.9 Å². The highest BCUT2D eigenvalue weighted by atomic mass is 16.6. The zero-order valence-electron chi connectivity index (χ0n) is 35.1. The Labute approximate surface area is 359 Å². The first-order valence-electron chi connectivity index (χ1n) is 20.5. The topological polar surface area (TPSA) is 227 Å². The van der Waals surface area contributed by atoms with Gasteiger partial charge in [-0.1, -0.05) is 60.7 Å². The Morgan fingerprint density at radius 2 is 1.39 bits per heavy atom. The van der Waals surface area contributed by atoms with E-state index in [0.29, 0.717) is 25.7 Å². The lowest BCUT2D eigenvalue weighted by Crippen LogP contribution is -2.56. The van der Waals surface area contributed by atoms with Crippen LogP contribution in [-0.4, -0.2) is 118 Å². The van der Waals surface area contributed by atoms with Crippen LogP contribution in [-0.2, 0) is 46.7 Å². The quantitative estimate of drug-likeness (QED) is 0.0727. The number of carbonyl (C=O) groups excluding carboxylic acids is 7. The molecule has 0 bridgehead atoms. The highest BCUT2D eigenvalue weighted by Crippen LogP contribution is 2.24. The number of likely N-dealkylation sites (N-methyl/N-ethyl adjacent to an activating group) is 1. The zero-order chi connectivity index (χ0) is 44.8. The molecule has 2 heterocycles. The van der Waals surface area contributed by atoms with Crippen molar-refractivity contribution in [2.75, 3.05) is 33.2 Å². The highest BCUT2D eigenvalue weighted by Gasteiger charge is 2.41. The van der Waals surface area contributed by atoms with Gasteiger partial charge in [-0.25, -0.2) is 9.59 Å². The number of ether oxygens (including phenoxy) is 2. The number of benzene rings is 3. The maximum absolute atomic E-state index is 14.3. The SMILES string of the molecule is CN(C(=O)c1ccc([N+](=O)[O-])cc1)C(C)(C)C(=O)NCCC[C@H](NC(=O)[C@@H]1CCCN1C(=O)CNC(=O)OCc1ccccc1)C(=O)N1CCCC1C(=O)OCc1ccccc1. The molecule has 5 rings (SSSR count). The molecule has 3 N–H and O–H groups in total. The molecule has 0 saturated carbocycles. The molecule has 2 fully saturated rings. The lowest BCUT2D eigenvalue weighted by molar-refractivity contribution is -0.384. The number of nitrogens with one attached hydrogen (secondary N) is 3. The third-order valence-electron chi connectivity index (χ3n) is 11.1. The summed E-state index contributed by atoms with van der Waals surface area (Å²) in [5, 5.41) is 19.1. The van der Waals surface area contributed by atoms with Gasteiger partial charge in [-0.15, -0.1) is 0 Å². The van der Waals surface area contributed by atoms with Crippen molar-refractivity contribution in [2.45, 2.75) is 89.3 Å². The molecule has 3 aromatic carbocycles. The first-order chi connectivity index (χ1) is 29.7. The Hall–Kier alpha value is -6.85. The number of nitrogens with zero attached hydrogens (tertiary/aromatic N) is 4. The maximum atomic E-state index is 14.3. The van der Waals surface area contributed by atoms with Crippen molar-refractivity contribution in [2.24, 2.45) is 0 Å². The summed E-state index contributed by atoms with van der Waals surface area (Å²) in [5.41, 5.74) is 0.157. The van der Waals surface area contributed by atoms with Gasteiger partial charge in [0.25, 0.3) is 11.6 Å². The normalized spacial score (nSPS) is 16.4. The molecular formula is C44H53N7O11. The van der Waals surface area contributed by atoms with Crippen molar-refractivity contribution in [3.05, 3.63) is 112 Å². The van der Waals surface area contributed by atoms with Gasteiger partial charge < -0.3 is 40.1 Å². The molecule has 2 aliphatic rings. The van der Waals surface area contributed by atoms with Gasteiger partial charge in [-0.3, -0.25) is 34.1 Å². The third kappa shape index (κ3) is 12.1. The first kappa shape index (κ1) is 46.2. The number of nitro groups is 1. The van der Waals surface area contributed by atoms with Gasteiger partial charge in [0.1, 0.15) is 43.4 Å². The maximum Gasteiger partial charge on any atom is 0.407 e. The monoisotopic (exact) mass is 855 g/mol. The average Bonchev–Trinajstić information content (AvgIpc) is 3.99. The van der Waals surface area contributed by atoms with Crippen molar-refractivity contribution in [3.8, 4) is 0 Å². The van der Waals surface area contributed by atoms with Crippen LogP contribution in [0.1, 0.15) is 73.9 Å². The van der Waals surface area contributed by atoms with Crippen LogP contribution in [0.5, 0.6) is 0 Å². The summed E-state index contributed by atoms with van der Waals surface area (Å²) in [6, 6.07) is 20.2. The molecule has 3 atom stereocenters. The Morgan fingerprint density at radius 3 is 2.00 bits per heavy atom. The fourth-order valence-corrected chi connectivity index (χ4v) is 7.24. The minimum Gasteiger partial charge on any atom is -0.459 e. The van der Waals surface area contributed by atoms with E-state index in [-0.39, 0.29) is 56.9 Å². The van der Waals surface area contributed by atoms with Gasteiger partial charge in [-0.05, 0) is 75.6 Å². The molecule has 62 heavy (non-hydrogen) atoms. The molecule has 0 spiro atoms. The van der Waals surface area contributed by atoms with Crippen LogP contribution < -0.4 is 16.0 Å². The van der Waals surface area contributed by atoms with E-state index in [1.54, 1.807) is 38.1 Å². The number of non-ortho nitro benzene ring substituents is 1. The zero-order valence-corrected chi connectivity index (χ0v) is 35.1. The predicted molar refractivity (Wildman–Crippen MR) is 224 cm³/mol. The summed E-state index contributed by atoms with van der Waals surface area (Å²) in [5.74, 6) is -3.23. The Balaban J connectivity index is 1.22. The molecule has 0 radical (unpaired) electrons. The van der Waals surface area contributed by atoms with Crippen LogP contribution in [0, 0.1) is 10.1 Å². The summed E-state index contributed by atoms with van der Waals surface area (Å²) in [4.78, 5) is 108. The van der Waals surface area contributed by atoms with Crippen LogP contribution in [0.3, 0.4) is 0 Å². The van der Waals surface area contributed by atoms with Crippen molar-refractivity contribution in [1.29, 1.82) is 0 Å². The smallest absolute Gasteiger partial charge is 0.407 e. The molecule has 330 valence electrons. The summed E-state index contributed by atoms with van der Waals surface area (Å²) >= 11 is 0. The van der Waals surface area contributed by atoms with Crippen molar-refractivity contribution in [3.63, 3.8) is 0 Å². The molecule has 6 amide bonds. The number of hydrogen-bond donors (Lipinski definition) is 3. The van der Waals surface area contributed by atoms with E-state index in [0.717, 1.165) is 11.1 Å². The van der Waals surface area contributed by atoms with Crippen LogP contribution in [0.2, 0.25) is 0 Å². The van der Waals surface area contributed by atoms with Gasteiger partial charge in [0.15, 0.2) is 0 Å². The summed E-state index contributed by atoms with van der Waals surface area (Å²) in [6.07, 6.45) is 1.15. The van der Waals surface area contributed by atoms with Crippen molar-refractivity contribution >= 4 is 47.3 Å². The number of amides is 6. The van der Waals surface area contributed by atoms with Crippen molar-refractivity contribution < 1.29 is 48.0 Å². The van der Waals surface area contributed by atoms with Gasteiger partial charge in [0.2, 0.25) is 23.6 Å². The fraction of sp³-hybridized carbons (Fsp3) is 0.432. The molecule has 3 aromatic rings. The Morgan fingerprint density at radius 1 is 0.806 bits per heavy atom. The number of esters is 1. The Bertz CT molecular complexity index is 2080. The minimum absolute atomic E-state index is 0.0100. The number of carbonyl (C=O) groups is 7. The average molecular weight is 856 g/mol. The van der Waals surface area contributed by atoms with E-state index in [1.807, 2.05) is 36.4 Å². The van der Waals surface area contributed by atoms with Gasteiger partial charge in [0.05, 0.1) is 4.92 Å². The molecule has 0 aliphatic carbocycles. The van der Waals surface area contributed by atoms with Crippen LogP contribution in [0.4, 0.5) is 10.5 Å². The summed E-state index contributed by atoms with van der Waals surface area (Å²) in [6.45, 7) is 3.25. The number of nitro benzene ring substituents is 1. The highest BCUT2D eigenvalue weighted by molar-refractivity contribution is 5.99.